The van der Waals surface area contributed by atoms with E-state index < -0.39 is 12.1 Å². The molecule has 0 saturated heterocycles. The third-order valence-electron chi connectivity index (χ3n) is 12.9. The summed E-state index contributed by atoms with van der Waals surface area (Å²) in [5, 5.41) is 0. The Labute approximate surface area is 445 Å². The van der Waals surface area contributed by atoms with Gasteiger partial charge in [-0.25, -0.2) is 0 Å². The van der Waals surface area contributed by atoms with Crippen molar-refractivity contribution in [3.63, 3.8) is 0 Å². The average molecular weight is 1000 g/mol. The lowest BCUT2D eigenvalue weighted by Crippen LogP contribution is -2.30. The van der Waals surface area contributed by atoms with Crippen molar-refractivity contribution < 1.29 is 28.6 Å². The molecule has 1 atom stereocenters. The molecular formula is C66H112O6. The summed E-state index contributed by atoms with van der Waals surface area (Å²) in [6.45, 7) is 6.35. The molecule has 0 aromatic heterocycles. The van der Waals surface area contributed by atoms with Crippen molar-refractivity contribution in [2.45, 2.75) is 290 Å². The van der Waals surface area contributed by atoms with Crippen molar-refractivity contribution >= 4 is 17.9 Å². The average Bonchev–Trinajstić information content (AvgIpc) is 3.38. The van der Waals surface area contributed by atoms with Crippen molar-refractivity contribution in [3.8, 4) is 0 Å². The molecule has 0 aliphatic rings. The predicted octanol–water partition coefficient (Wildman–Crippen LogP) is 20.5. The fourth-order valence-corrected chi connectivity index (χ4v) is 8.41. The van der Waals surface area contributed by atoms with Gasteiger partial charge in [0, 0.05) is 12.8 Å². The maximum atomic E-state index is 12.9. The Morgan fingerprint density at radius 2 is 0.597 bits per heavy atom. The minimum absolute atomic E-state index is 0.110. The van der Waals surface area contributed by atoms with Crippen LogP contribution in [0.5, 0.6) is 0 Å². The summed E-state index contributed by atoms with van der Waals surface area (Å²) in [6.07, 6.45) is 80.1. The van der Waals surface area contributed by atoms with Gasteiger partial charge in [0.25, 0.3) is 0 Å². The normalized spacial score (nSPS) is 12.8. The van der Waals surface area contributed by atoms with E-state index in [1.165, 1.54) is 148 Å². The molecule has 0 amide bonds. The van der Waals surface area contributed by atoms with E-state index in [9.17, 15) is 14.4 Å². The predicted molar refractivity (Wildman–Crippen MR) is 311 cm³/mol. The van der Waals surface area contributed by atoms with Crippen molar-refractivity contribution in [3.05, 3.63) is 97.2 Å². The third-order valence-corrected chi connectivity index (χ3v) is 12.9. The number of hydrogen-bond donors (Lipinski definition) is 0. The van der Waals surface area contributed by atoms with Gasteiger partial charge in [0.1, 0.15) is 13.2 Å². The lowest BCUT2D eigenvalue weighted by atomic mass is 10.0. The summed E-state index contributed by atoms with van der Waals surface area (Å²) in [5.74, 6) is -1.05. The number of rotatable bonds is 54. The summed E-state index contributed by atoms with van der Waals surface area (Å²) >= 11 is 0. The van der Waals surface area contributed by atoms with Crippen LogP contribution in [-0.4, -0.2) is 37.2 Å². The Bertz CT molecular complexity index is 1430. The lowest BCUT2D eigenvalue weighted by Gasteiger charge is -2.18. The molecule has 0 spiro atoms. The van der Waals surface area contributed by atoms with Crippen LogP contribution in [0.2, 0.25) is 0 Å². The topological polar surface area (TPSA) is 78.9 Å². The van der Waals surface area contributed by atoms with Gasteiger partial charge in [-0.3, -0.25) is 14.4 Å². The van der Waals surface area contributed by atoms with E-state index in [2.05, 4.69) is 106 Å². The second kappa shape index (κ2) is 59.9. The highest BCUT2D eigenvalue weighted by Gasteiger charge is 2.19. The van der Waals surface area contributed by atoms with E-state index in [0.717, 1.165) is 96.3 Å². The van der Waals surface area contributed by atoms with Crippen LogP contribution in [-0.2, 0) is 28.6 Å². The summed E-state index contributed by atoms with van der Waals surface area (Å²) in [4.78, 5) is 38.2. The maximum Gasteiger partial charge on any atom is 0.309 e. The van der Waals surface area contributed by atoms with Crippen LogP contribution in [0.1, 0.15) is 284 Å². The van der Waals surface area contributed by atoms with E-state index >= 15 is 0 Å². The summed E-state index contributed by atoms with van der Waals surface area (Å²) in [5.41, 5.74) is 0. The molecular weight excluding hydrogens is 889 g/mol. The number of unbranched alkanes of at least 4 members (excludes halogenated alkanes) is 28. The van der Waals surface area contributed by atoms with Gasteiger partial charge in [0.05, 0.1) is 6.42 Å². The quantitative estimate of drug-likeness (QED) is 0.0261. The third kappa shape index (κ3) is 57.2. The largest absolute Gasteiger partial charge is 0.462 e. The minimum atomic E-state index is -0.823. The van der Waals surface area contributed by atoms with Crippen molar-refractivity contribution in [2.75, 3.05) is 13.2 Å². The monoisotopic (exact) mass is 1000 g/mol. The molecule has 0 saturated carbocycles. The lowest BCUT2D eigenvalue weighted by molar-refractivity contribution is -0.166. The first kappa shape index (κ1) is 68.3. The molecule has 0 aromatic rings. The fourth-order valence-electron chi connectivity index (χ4n) is 8.41. The van der Waals surface area contributed by atoms with Crippen LogP contribution in [0.15, 0.2) is 97.2 Å². The molecule has 0 radical (unpaired) electrons. The van der Waals surface area contributed by atoms with E-state index in [4.69, 9.17) is 14.2 Å². The molecule has 0 N–H and O–H groups in total. The maximum absolute atomic E-state index is 12.9. The Kier molecular flexibility index (Phi) is 56.8. The number of carbonyl (C=O) groups excluding carboxylic acids is 3. The molecule has 0 aromatic carbocycles. The van der Waals surface area contributed by atoms with Crippen LogP contribution >= 0.6 is 0 Å². The highest BCUT2D eigenvalue weighted by Crippen LogP contribution is 2.17. The zero-order valence-electron chi connectivity index (χ0n) is 47.2. The van der Waals surface area contributed by atoms with Gasteiger partial charge >= 0.3 is 17.9 Å². The Morgan fingerprint density at radius 1 is 0.306 bits per heavy atom. The van der Waals surface area contributed by atoms with Crippen LogP contribution in [0.25, 0.3) is 0 Å². The SMILES string of the molecule is CC/C=C\C/C=C\C/C=C\C/C=C\C/C=C\CC(=O)OCC(COC(=O)CCCCCCCCCCCCCCCCCCCCCCCC)OC(=O)CCCCCCCCC/C=C\C/C=C\C/C=C\CC. The van der Waals surface area contributed by atoms with Crippen LogP contribution in [0.4, 0.5) is 0 Å². The van der Waals surface area contributed by atoms with Crippen molar-refractivity contribution in [1.29, 1.82) is 0 Å². The second-order valence-corrected chi connectivity index (χ2v) is 19.9. The summed E-state index contributed by atoms with van der Waals surface area (Å²) in [7, 11) is 0. The van der Waals surface area contributed by atoms with Gasteiger partial charge in [0.2, 0.25) is 0 Å². The summed E-state index contributed by atoms with van der Waals surface area (Å²) < 4.78 is 16.8. The first-order valence-corrected chi connectivity index (χ1v) is 30.2. The van der Waals surface area contributed by atoms with E-state index in [1.54, 1.807) is 6.08 Å². The number of allylic oxidation sites excluding steroid dienone is 15. The number of ether oxygens (including phenoxy) is 3. The molecule has 72 heavy (non-hydrogen) atoms. The van der Waals surface area contributed by atoms with Crippen molar-refractivity contribution in [1.82, 2.24) is 0 Å². The molecule has 1 unspecified atom stereocenters. The standard InChI is InChI=1S/C66H112O6/c1-4-7-10-13-16-19-22-25-28-30-31-32-33-34-36-38-41-44-47-50-53-56-59-65(68)71-62-63(61-70-64(67)58-55-52-49-46-43-40-37-27-24-21-18-15-12-9-6-3)72-66(69)60-57-54-51-48-45-42-39-35-29-26-23-20-17-14-11-8-5-2/h8-9,11-12,17-18,20-21,26-27,29,37,43,46,52,55,63H,4-7,10,13-16,19,22-25,28,30-36,38-42,44-45,47-51,53-54,56-62H2,1-3H3/b11-8-,12-9-,20-17-,21-18-,29-26-,37-27-,46-43-,55-52-. The van der Waals surface area contributed by atoms with Gasteiger partial charge < -0.3 is 14.2 Å². The van der Waals surface area contributed by atoms with Crippen molar-refractivity contribution in [2.24, 2.45) is 0 Å². The molecule has 0 bridgehead atoms. The first-order chi connectivity index (χ1) is 35.5. The fraction of sp³-hybridized carbons (Fsp3) is 0.712. The van der Waals surface area contributed by atoms with E-state index in [-0.39, 0.29) is 31.6 Å². The van der Waals surface area contributed by atoms with Crippen LogP contribution in [0, 0.1) is 0 Å². The molecule has 0 rings (SSSR count). The van der Waals surface area contributed by atoms with Crippen LogP contribution < -0.4 is 0 Å². The highest BCUT2D eigenvalue weighted by atomic mass is 16.6. The zero-order chi connectivity index (χ0) is 52.2. The van der Waals surface area contributed by atoms with Gasteiger partial charge in [-0.15, -0.1) is 0 Å². The van der Waals surface area contributed by atoms with Gasteiger partial charge in [-0.2, -0.15) is 0 Å². The smallest absolute Gasteiger partial charge is 0.309 e. The summed E-state index contributed by atoms with van der Waals surface area (Å²) in [6, 6.07) is 0. The molecule has 0 aliphatic heterocycles. The van der Waals surface area contributed by atoms with Gasteiger partial charge in [-0.05, 0) is 77.0 Å². The molecule has 0 heterocycles. The Balaban J connectivity index is 4.42. The van der Waals surface area contributed by atoms with E-state index in [1.807, 2.05) is 6.08 Å². The van der Waals surface area contributed by atoms with Gasteiger partial charge in [0.15, 0.2) is 6.10 Å². The Morgan fingerprint density at radius 3 is 0.972 bits per heavy atom. The van der Waals surface area contributed by atoms with Crippen LogP contribution in [0.3, 0.4) is 0 Å². The number of esters is 3. The molecule has 412 valence electrons. The van der Waals surface area contributed by atoms with Gasteiger partial charge in [-0.1, -0.05) is 285 Å². The zero-order valence-corrected chi connectivity index (χ0v) is 47.2. The molecule has 6 heteroatoms. The van der Waals surface area contributed by atoms with E-state index in [0.29, 0.717) is 12.8 Å². The first-order valence-electron chi connectivity index (χ1n) is 30.2. The molecule has 0 fully saturated rings. The highest BCUT2D eigenvalue weighted by molar-refractivity contribution is 5.72. The molecule has 6 nitrogen and oxygen atoms in total. The second-order valence-electron chi connectivity index (χ2n) is 19.9. The number of hydrogen-bond acceptors (Lipinski definition) is 6. The molecule has 0 aliphatic carbocycles. The minimum Gasteiger partial charge on any atom is -0.462 e. The number of carbonyl (C=O) groups is 3. The Hall–Kier alpha value is -3.67.